The summed E-state index contributed by atoms with van der Waals surface area (Å²) in [5.41, 5.74) is 0.885. The van der Waals surface area contributed by atoms with Crippen LogP contribution in [-0.2, 0) is 14.3 Å². The smallest absolute Gasteiger partial charge is 0.338 e. The van der Waals surface area contributed by atoms with Crippen LogP contribution in [0.2, 0.25) is 0 Å². The van der Waals surface area contributed by atoms with E-state index in [9.17, 15) is 19.2 Å². The van der Waals surface area contributed by atoms with Crippen LogP contribution >= 0.6 is 0 Å². The van der Waals surface area contributed by atoms with Gasteiger partial charge in [-0.05, 0) is 48.6 Å². The number of benzene rings is 2. The van der Waals surface area contributed by atoms with Crippen LogP contribution in [0.15, 0.2) is 60.7 Å². The third-order valence-electron chi connectivity index (χ3n) is 6.54. The molecule has 2 amide bonds. The maximum atomic E-state index is 13.0. The number of rotatable bonds is 6. The molecule has 7 nitrogen and oxygen atoms in total. The molecule has 5 rings (SSSR count). The Balaban J connectivity index is 1.29. The molecule has 1 aliphatic heterocycles. The van der Waals surface area contributed by atoms with E-state index in [1.807, 2.05) is 12.2 Å². The number of Topliss-reactive ketones (excluding diaryl/α,β-unsaturated/α-hetero) is 1. The van der Waals surface area contributed by atoms with Crippen molar-refractivity contribution in [2.45, 2.75) is 6.42 Å². The number of ketones is 1. The first kappa shape index (κ1) is 20.2. The van der Waals surface area contributed by atoms with E-state index in [-0.39, 0.29) is 46.8 Å². The van der Waals surface area contributed by atoms with Gasteiger partial charge in [0, 0.05) is 5.56 Å². The number of ether oxygens (including phenoxy) is 2. The Labute approximate surface area is 184 Å². The zero-order chi connectivity index (χ0) is 22.4. The summed E-state index contributed by atoms with van der Waals surface area (Å²) in [4.78, 5) is 52.1. The topological polar surface area (TPSA) is 90.0 Å². The van der Waals surface area contributed by atoms with Crippen LogP contribution in [0.4, 0.5) is 5.69 Å². The minimum absolute atomic E-state index is 0.113. The number of esters is 1. The van der Waals surface area contributed by atoms with E-state index in [1.54, 1.807) is 36.4 Å². The molecule has 1 saturated carbocycles. The van der Waals surface area contributed by atoms with Crippen molar-refractivity contribution < 1.29 is 28.7 Å². The molecule has 0 N–H and O–H groups in total. The summed E-state index contributed by atoms with van der Waals surface area (Å²) in [6, 6.07) is 12.8. The highest BCUT2D eigenvalue weighted by atomic mass is 16.5. The lowest BCUT2D eigenvalue weighted by Gasteiger charge is -2.18. The van der Waals surface area contributed by atoms with E-state index < -0.39 is 12.6 Å². The minimum atomic E-state index is -0.705. The molecule has 0 radical (unpaired) electrons. The fourth-order valence-electron chi connectivity index (χ4n) is 5.02. The molecule has 2 fully saturated rings. The summed E-state index contributed by atoms with van der Waals surface area (Å²) in [5.74, 6) is -1.36. The van der Waals surface area contributed by atoms with Crippen molar-refractivity contribution in [3.8, 4) is 5.75 Å². The van der Waals surface area contributed by atoms with Crippen LogP contribution < -0.4 is 9.64 Å². The average Bonchev–Trinajstić information content (AvgIpc) is 3.51. The summed E-state index contributed by atoms with van der Waals surface area (Å²) in [6.45, 7) is -0.434. The summed E-state index contributed by atoms with van der Waals surface area (Å²) in [6.07, 6.45) is 4.93. The van der Waals surface area contributed by atoms with Gasteiger partial charge in [0.15, 0.2) is 12.4 Å². The summed E-state index contributed by atoms with van der Waals surface area (Å²) in [5, 5.41) is 0. The van der Waals surface area contributed by atoms with E-state index >= 15 is 0 Å². The average molecular weight is 431 g/mol. The molecule has 2 aliphatic carbocycles. The van der Waals surface area contributed by atoms with Crippen molar-refractivity contribution >= 4 is 29.3 Å². The fraction of sp³-hybridized carbons (Fsp3) is 0.280. The van der Waals surface area contributed by atoms with Gasteiger partial charge in [0.2, 0.25) is 11.8 Å². The molecule has 2 aromatic rings. The molecule has 0 aromatic heterocycles. The summed E-state index contributed by atoms with van der Waals surface area (Å²) < 4.78 is 10.3. The molecule has 1 heterocycles. The van der Waals surface area contributed by atoms with Crippen molar-refractivity contribution in [1.82, 2.24) is 0 Å². The Kier molecular flexibility index (Phi) is 4.89. The van der Waals surface area contributed by atoms with Gasteiger partial charge in [0.25, 0.3) is 0 Å². The minimum Gasteiger partial charge on any atom is -0.497 e. The molecule has 1 saturated heterocycles. The monoisotopic (exact) mass is 431 g/mol. The maximum Gasteiger partial charge on any atom is 0.338 e. The van der Waals surface area contributed by atoms with E-state index in [0.717, 1.165) is 6.42 Å². The first-order valence-electron chi connectivity index (χ1n) is 10.5. The lowest BCUT2D eigenvalue weighted by atomic mass is 9.85. The highest BCUT2D eigenvalue weighted by Gasteiger charge is 2.59. The number of carbonyl (C=O) groups excluding carboxylic acids is 4. The van der Waals surface area contributed by atoms with Gasteiger partial charge in [0.05, 0.1) is 30.2 Å². The van der Waals surface area contributed by atoms with Crippen LogP contribution in [0, 0.1) is 23.7 Å². The van der Waals surface area contributed by atoms with Crippen molar-refractivity contribution in [2.24, 2.45) is 23.7 Å². The lowest BCUT2D eigenvalue weighted by Crippen LogP contribution is -2.33. The number of hydrogen-bond donors (Lipinski definition) is 0. The third-order valence-corrected chi connectivity index (χ3v) is 6.54. The van der Waals surface area contributed by atoms with Crippen LogP contribution in [0.3, 0.4) is 0 Å². The number of fused-ring (bicyclic) bond motifs is 5. The number of imide groups is 1. The van der Waals surface area contributed by atoms with E-state index in [2.05, 4.69) is 0 Å². The molecule has 4 atom stereocenters. The van der Waals surface area contributed by atoms with E-state index in [4.69, 9.17) is 9.47 Å². The van der Waals surface area contributed by atoms with Gasteiger partial charge in [-0.25, -0.2) is 9.69 Å². The van der Waals surface area contributed by atoms with Crippen molar-refractivity contribution in [3.63, 3.8) is 0 Å². The zero-order valence-electron chi connectivity index (χ0n) is 17.4. The zero-order valence-corrected chi connectivity index (χ0v) is 17.4. The van der Waals surface area contributed by atoms with Gasteiger partial charge >= 0.3 is 5.97 Å². The van der Waals surface area contributed by atoms with Gasteiger partial charge in [-0.3, -0.25) is 14.4 Å². The van der Waals surface area contributed by atoms with E-state index in [0.29, 0.717) is 17.0 Å². The van der Waals surface area contributed by atoms with Gasteiger partial charge in [-0.1, -0.05) is 30.4 Å². The fourth-order valence-corrected chi connectivity index (χ4v) is 5.02. The standard InChI is InChI=1S/C25H21NO6/c1-31-19-7-3-4-14(12-19)20(27)13-32-25(30)17-5-2-6-18(11-17)26-23(28)21-15-8-9-16(10-15)22(21)24(26)29/h2-9,11-12,15-16,21-22H,10,13H2,1H3/t15-,16-,21-,22+/m0/s1. The number of nitrogens with zero attached hydrogens (tertiary/aromatic N) is 1. The summed E-state index contributed by atoms with van der Waals surface area (Å²) >= 11 is 0. The third kappa shape index (κ3) is 3.21. The molecule has 2 bridgehead atoms. The molecule has 162 valence electrons. The van der Waals surface area contributed by atoms with E-state index in [1.165, 1.54) is 24.1 Å². The molecule has 0 unspecified atom stereocenters. The van der Waals surface area contributed by atoms with Crippen LogP contribution in [0.5, 0.6) is 5.75 Å². The molecule has 2 aromatic carbocycles. The van der Waals surface area contributed by atoms with Crippen LogP contribution in [0.1, 0.15) is 27.1 Å². The Morgan fingerprint density at radius 2 is 1.59 bits per heavy atom. The molecule has 0 spiro atoms. The SMILES string of the molecule is COc1cccc(C(=O)COC(=O)c2cccc(N3C(=O)[C@@H]4[C@H](C3=O)[C@H]3C=C[C@H]4C3)c2)c1. The predicted molar refractivity (Wildman–Crippen MR) is 114 cm³/mol. The predicted octanol–water partition coefficient (Wildman–Crippen LogP) is 3.05. The number of methoxy groups -OCH3 is 1. The first-order valence-corrected chi connectivity index (χ1v) is 10.5. The molecular formula is C25H21NO6. The number of amides is 2. The molecule has 3 aliphatic rings. The maximum absolute atomic E-state index is 13.0. The van der Waals surface area contributed by atoms with Gasteiger partial charge in [-0.2, -0.15) is 0 Å². The largest absolute Gasteiger partial charge is 0.497 e. The van der Waals surface area contributed by atoms with Crippen LogP contribution in [0.25, 0.3) is 0 Å². The van der Waals surface area contributed by atoms with Crippen molar-refractivity contribution in [2.75, 3.05) is 18.6 Å². The number of anilines is 1. The molecule has 32 heavy (non-hydrogen) atoms. The number of hydrogen-bond acceptors (Lipinski definition) is 6. The van der Waals surface area contributed by atoms with Crippen molar-refractivity contribution in [3.05, 3.63) is 71.8 Å². The second kappa shape index (κ2) is 7.75. The van der Waals surface area contributed by atoms with Crippen molar-refractivity contribution in [1.29, 1.82) is 0 Å². The Morgan fingerprint density at radius 3 is 2.28 bits per heavy atom. The second-order valence-electron chi connectivity index (χ2n) is 8.29. The van der Waals surface area contributed by atoms with Gasteiger partial charge in [0.1, 0.15) is 5.75 Å². The second-order valence-corrected chi connectivity index (χ2v) is 8.29. The molecular weight excluding hydrogens is 410 g/mol. The lowest BCUT2D eigenvalue weighted by molar-refractivity contribution is -0.123. The van der Waals surface area contributed by atoms with Gasteiger partial charge in [-0.15, -0.1) is 0 Å². The summed E-state index contributed by atoms with van der Waals surface area (Å²) in [7, 11) is 1.50. The first-order chi connectivity index (χ1) is 15.5. The number of carbonyl (C=O) groups is 4. The quantitative estimate of drug-likeness (QED) is 0.302. The molecule has 7 heteroatoms. The number of allylic oxidation sites excluding steroid dienone is 2. The Hall–Kier alpha value is -3.74. The van der Waals surface area contributed by atoms with Crippen LogP contribution in [-0.4, -0.2) is 37.3 Å². The van der Waals surface area contributed by atoms with Gasteiger partial charge < -0.3 is 9.47 Å². The Bertz CT molecular complexity index is 1140. The highest BCUT2D eigenvalue weighted by molar-refractivity contribution is 6.23. The Morgan fingerprint density at radius 1 is 0.938 bits per heavy atom. The highest BCUT2D eigenvalue weighted by Crippen LogP contribution is 2.53. The normalized spacial score (nSPS) is 25.2.